The smallest absolute Gasteiger partial charge is 0.460 e. The van der Waals surface area contributed by atoms with Gasteiger partial charge in [-0.2, -0.15) is 0 Å². The Labute approximate surface area is 137 Å². The molecule has 0 unspecified atom stereocenters. The molecule has 0 aliphatic carbocycles. The third-order valence-electron chi connectivity index (χ3n) is 2.70. The molecule has 0 saturated carbocycles. The molecular formula is C13H24O8Si2. The van der Waals surface area contributed by atoms with E-state index in [9.17, 15) is 19.2 Å². The Balaban J connectivity index is 4.86. The number of hydrogen-bond acceptors (Lipinski definition) is 8. The van der Waals surface area contributed by atoms with Gasteiger partial charge in [-0.25, -0.2) is 0 Å². The van der Waals surface area contributed by atoms with Crippen molar-refractivity contribution in [3.63, 3.8) is 0 Å². The predicted octanol–water partition coefficient (Wildman–Crippen LogP) is 1.77. The summed E-state index contributed by atoms with van der Waals surface area (Å²) >= 11 is 0. The molecule has 0 N–H and O–H groups in total. The van der Waals surface area contributed by atoms with Gasteiger partial charge >= 0.3 is 17.1 Å². The van der Waals surface area contributed by atoms with E-state index >= 15 is 0 Å². The Morgan fingerprint density at radius 3 is 1.00 bits per heavy atom. The van der Waals surface area contributed by atoms with Crippen molar-refractivity contribution in [3.8, 4) is 0 Å². The fourth-order valence-electron chi connectivity index (χ4n) is 2.19. The molecule has 132 valence electrons. The van der Waals surface area contributed by atoms with Crippen LogP contribution in [0, 0.1) is 0 Å². The maximum absolute atomic E-state index is 11.2. The second-order valence-corrected chi connectivity index (χ2v) is 11.8. The zero-order valence-electron chi connectivity index (χ0n) is 14.4. The van der Waals surface area contributed by atoms with Gasteiger partial charge in [0.15, 0.2) is 0 Å². The number of carbonyl (C=O) groups excluding carboxylic acids is 4. The second-order valence-electron chi connectivity index (χ2n) is 5.50. The lowest BCUT2D eigenvalue weighted by atomic mass is 10.6. The van der Waals surface area contributed by atoms with Crippen LogP contribution in [0.15, 0.2) is 0 Å². The Kier molecular flexibility index (Phi) is 8.17. The van der Waals surface area contributed by atoms with Gasteiger partial charge < -0.3 is 17.7 Å². The summed E-state index contributed by atoms with van der Waals surface area (Å²) in [7, 11) is -6.03. The van der Waals surface area contributed by atoms with Gasteiger partial charge in [0, 0.05) is 52.9 Å². The molecule has 10 heteroatoms. The number of rotatable bonds is 8. The summed E-state index contributed by atoms with van der Waals surface area (Å²) in [5.74, 6) is -2.11. The Morgan fingerprint density at radius 1 is 0.609 bits per heavy atom. The predicted molar refractivity (Wildman–Crippen MR) is 84.5 cm³/mol. The highest BCUT2D eigenvalue weighted by molar-refractivity contribution is 6.70. The summed E-state index contributed by atoms with van der Waals surface area (Å²) in [4.78, 5) is 44.7. The molecule has 0 aromatic carbocycles. The van der Waals surface area contributed by atoms with Crippen LogP contribution in [0.4, 0.5) is 0 Å². The van der Waals surface area contributed by atoms with Gasteiger partial charge in [-0.1, -0.05) is 0 Å². The lowest BCUT2D eigenvalue weighted by molar-refractivity contribution is -0.140. The molecule has 23 heavy (non-hydrogen) atoms. The molecule has 0 heterocycles. The van der Waals surface area contributed by atoms with Crippen LogP contribution in [0.5, 0.6) is 0 Å². The van der Waals surface area contributed by atoms with Crippen molar-refractivity contribution in [3.05, 3.63) is 0 Å². The van der Waals surface area contributed by atoms with E-state index in [1.807, 2.05) is 0 Å². The first-order valence-corrected chi connectivity index (χ1v) is 12.2. The van der Waals surface area contributed by atoms with Gasteiger partial charge in [-0.15, -0.1) is 0 Å². The molecule has 0 aliphatic heterocycles. The van der Waals surface area contributed by atoms with E-state index in [1.54, 1.807) is 13.1 Å². The molecule has 0 spiro atoms. The van der Waals surface area contributed by atoms with Crippen molar-refractivity contribution in [1.29, 1.82) is 0 Å². The van der Waals surface area contributed by atoms with Gasteiger partial charge in [-0.05, 0) is 6.42 Å². The summed E-state index contributed by atoms with van der Waals surface area (Å²) in [6.07, 6.45) is 0.423. The number of hydrogen-bond donors (Lipinski definition) is 0. The van der Waals surface area contributed by atoms with E-state index in [1.165, 1.54) is 27.7 Å². The Hall–Kier alpha value is -1.69. The summed E-state index contributed by atoms with van der Waals surface area (Å²) < 4.78 is 20.7. The van der Waals surface area contributed by atoms with Gasteiger partial charge in [0.1, 0.15) is 0 Å². The lowest BCUT2D eigenvalue weighted by Gasteiger charge is -2.28. The van der Waals surface area contributed by atoms with Crippen molar-refractivity contribution in [2.75, 3.05) is 0 Å². The summed E-state index contributed by atoms with van der Waals surface area (Å²) in [5.41, 5.74) is 0. The van der Waals surface area contributed by atoms with Crippen LogP contribution in [-0.2, 0) is 36.9 Å². The van der Waals surface area contributed by atoms with Crippen LogP contribution in [0.25, 0.3) is 0 Å². The van der Waals surface area contributed by atoms with E-state index in [0.717, 1.165) is 0 Å². The molecular weight excluding hydrogens is 340 g/mol. The first-order valence-electron chi connectivity index (χ1n) is 7.16. The fraction of sp³-hybridized carbons (Fsp3) is 0.692. The van der Waals surface area contributed by atoms with Gasteiger partial charge in [0.05, 0.1) is 0 Å². The highest BCUT2D eigenvalue weighted by Gasteiger charge is 2.42. The van der Waals surface area contributed by atoms with E-state index in [0.29, 0.717) is 18.5 Å². The van der Waals surface area contributed by atoms with Crippen molar-refractivity contribution in [2.24, 2.45) is 0 Å². The SMILES string of the molecule is CC(=O)O[Si](C)(CCC[Si](C)(OC(C)=O)OC(C)=O)OC(C)=O. The van der Waals surface area contributed by atoms with Crippen LogP contribution in [-0.4, -0.2) is 41.0 Å². The summed E-state index contributed by atoms with van der Waals surface area (Å²) in [5, 5.41) is 0. The van der Waals surface area contributed by atoms with Crippen LogP contribution >= 0.6 is 0 Å². The molecule has 0 aromatic heterocycles. The van der Waals surface area contributed by atoms with Crippen LogP contribution in [0.2, 0.25) is 25.2 Å². The van der Waals surface area contributed by atoms with E-state index in [4.69, 9.17) is 17.7 Å². The monoisotopic (exact) mass is 364 g/mol. The van der Waals surface area contributed by atoms with Crippen molar-refractivity contribution < 1.29 is 36.9 Å². The van der Waals surface area contributed by atoms with E-state index in [2.05, 4.69) is 0 Å². The maximum atomic E-state index is 11.2. The molecule has 0 rings (SSSR count). The average molecular weight is 364 g/mol. The molecule has 0 radical (unpaired) electrons. The minimum Gasteiger partial charge on any atom is -0.485 e. The molecule has 0 amide bonds. The van der Waals surface area contributed by atoms with Gasteiger partial charge in [0.2, 0.25) is 0 Å². The minimum atomic E-state index is -3.01. The first-order chi connectivity index (χ1) is 10.4. The van der Waals surface area contributed by atoms with E-state index < -0.39 is 41.0 Å². The third kappa shape index (κ3) is 9.84. The largest absolute Gasteiger partial charge is 0.485 e. The molecule has 8 nitrogen and oxygen atoms in total. The summed E-state index contributed by atoms with van der Waals surface area (Å²) in [6, 6.07) is 0.633. The fourth-order valence-corrected chi connectivity index (χ4v) is 7.11. The minimum absolute atomic E-state index is 0.317. The van der Waals surface area contributed by atoms with Crippen molar-refractivity contribution in [2.45, 2.75) is 59.3 Å². The molecule has 0 bridgehead atoms. The highest BCUT2D eigenvalue weighted by Crippen LogP contribution is 2.24. The molecule has 0 aliphatic rings. The zero-order valence-corrected chi connectivity index (χ0v) is 16.4. The van der Waals surface area contributed by atoms with Crippen LogP contribution < -0.4 is 0 Å². The average Bonchev–Trinajstić information content (AvgIpc) is 2.22. The molecule has 0 fully saturated rings. The third-order valence-corrected chi connectivity index (χ3v) is 8.10. The van der Waals surface area contributed by atoms with Crippen LogP contribution in [0.1, 0.15) is 34.1 Å². The maximum Gasteiger partial charge on any atom is 0.460 e. The van der Waals surface area contributed by atoms with Crippen molar-refractivity contribution in [1.82, 2.24) is 0 Å². The normalized spacial score (nSPS) is 11.4. The summed E-state index contributed by atoms with van der Waals surface area (Å²) in [6.45, 7) is 8.17. The topological polar surface area (TPSA) is 105 Å². The number of carbonyl (C=O) groups is 4. The lowest BCUT2D eigenvalue weighted by Crippen LogP contribution is -2.44. The van der Waals surface area contributed by atoms with Gasteiger partial charge in [-0.3, -0.25) is 19.2 Å². The molecule has 0 atom stereocenters. The first kappa shape index (κ1) is 21.3. The Morgan fingerprint density at radius 2 is 0.826 bits per heavy atom. The zero-order chi connectivity index (χ0) is 18.3. The van der Waals surface area contributed by atoms with E-state index in [-0.39, 0.29) is 0 Å². The second kappa shape index (κ2) is 8.82. The molecule has 0 aromatic rings. The standard InChI is InChI=1S/C13H24O8Si2/c1-10(14)18-22(5,19-11(2)15)8-7-9-23(6,20-12(3)16)21-13(4)17/h7-9H2,1-6H3. The van der Waals surface area contributed by atoms with Crippen LogP contribution in [0.3, 0.4) is 0 Å². The highest BCUT2D eigenvalue weighted by atomic mass is 28.4. The quantitative estimate of drug-likeness (QED) is 0.600. The Bertz CT molecular complexity index is 403. The van der Waals surface area contributed by atoms with Gasteiger partial charge in [0.25, 0.3) is 23.9 Å². The molecule has 0 saturated heterocycles. The van der Waals surface area contributed by atoms with Crippen molar-refractivity contribution >= 4 is 41.0 Å².